The number of nitrogens with zero attached hydrogens (tertiary/aromatic N) is 1. The highest BCUT2D eigenvalue weighted by atomic mass is 32.1. The molecule has 0 aliphatic rings. The predicted octanol–water partition coefficient (Wildman–Crippen LogP) is 3.82. The molecule has 0 aliphatic carbocycles. The van der Waals surface area contributed by atoms with Gasteiger partial charge in [-0.1, -0.05) is 24.3 Å². The lowest BCUT2D eigenvalue weighted by Gasteiger charge is -2.20. The molecule has 0 atom stereocenters. The van der Waals surface area contributed by atoms with Crippen molar-refractivity contribution in [2.45, 2.75) is 25.7 Å². The highest BCUT2D eigenvalue weighted by Crippen LogP contribution is 2.27. The third-order valence-electron chi connectivity index (χ3n) is 3.63. The standard InChI is InChI=1S/C18H19F3N2O3S/c1-23(12-13-6-2-3-7-14(13)26-18(19,20)21)16(24)9-4-10-22-17(25)15-8-5-11-27-15/h2-3,5-8,11H,4,9-10,12H2,1H3,(H,22,25). The van der Waals surface area contributed by atoms with Gasteiger partial charge in [0.25, 0.3) is 5.91 Å². The maximum Gasteiger partial charge on any atom is 0.573 e. The minimum Gasteiger partial charge on any atom is -0.405 e. The number of alkyl halides is 3. The molecule has 0 unspecified atom stereocenters. The third-order valence-corrected chi connectivity index (χ3v) is 4.50. The van der Waals surface area contributed by atoms with Crippen LogP contribution in [-0.4, -0.2) is 36.7 Å². The van der Waals surface area contributed by atoms with Gasteiger partial charge in [-0.2, -0.15) is 0 Å². The molecular formula is C18H19F3N2O3S. The molecule has 9 heteroatoms. The van der Waals surface area contributed by atoms with Crippen LogP contribution in [-0.2, 0) is 11.3 Å². The number of carbonyl (C=O) groups excluding carboxylic acids is 2. The van der Waals surface area contributed by atoms with E-state index in [2.05, 4.69) is 10.1 Å². The first kappa shape index (κ1) is 20.8. The average molecular weight is 400 g/mol. The Kier molecular flexibility index (Phi) is 7.23. The topological polar surface area (TPSA) is 58.6 Å². The Bertz CT molecular complexity index is 763. The van der Waals surface area contributed by atoms with E-state index in [0.29, 0.717) is 17.8 Å². The molecule has 0 bridgehead atoms. The molecule has 1 aromatic carbocycles. The van der Waals surface area contributed by atoms with Crippen LogP contribution >= 0.6 is 11.3 Å². The molecule has 0 fully saturated rings. The van der Waals surface area contributed by atoms with Crippen molar-refractivity contribution >= 4 is 23.2 Å². The highest BCUT2D eigenvalue weighted by Gasteiger charge is 2.32. The monoisotopic (exact) mass is 400 g/mol. The van der Waals surface area contributed by atoms with Crippen molar-refractivity contribution in [1.29, 1.82) is 0 Å². The molecule has 146 valence electrons. The van der Waals surface area contributed by atoms with Gasteiger partial charge < -0.3 is 15.0 Å². The van der Waals surface area contributed by atoms with Crippen LogP contribution in [0.5, 0.6) is 5.75 Å². The number of thiophene rings is 1. The number of rotatable bonds is 8. The molecule has 1 aromatic heterocycles. The number of amides is 2. The summed E-state index contributed by atoms with van der Waals surface area (Å²) in [5.41, 5.74) is 0.261. The van der Waals surface area contributed by atoms with E-state index < -0.39 is 6.36 Å². The summed E-state index contributed by atoms with van der Waals surface area (Å²) in [6.45, 7) is 0.330. The van der Waals surface area contributed by atoms with Crippen molar-refractivity contribution in [3.63, 3.8) is 0 Å². The molecule has 0 saturated heterocycles. The van der Waals surface area contributed by atoms with Gasteiger partial charge in [-0.3, -0.25) is 9.59 Å². The fourth-order valence-electron chi connectivity index (χ4n) is 2.33. The average Bonchev–Trinajstić information content (AvgIpc) is 3.13. The second-order valence-electron chi connectivity index (χ2n) is 5.74. The summed E-state index contributed by atoms with van der Waals surface area (Å²) in [5, 5.41) is 4.52. The van der Waals surface area contributed by atoms with Crippen LogP contribution in [0, 0.1) is 0 Å². The smallest absolute Gasteiger partial charge is 0.405 e. The Morgan fingerprint density at radius 1 is 1.19 bits per heavy atom. The Balaban J connectivity index is 1.79. The van der Waals surface area contributed by atoms with Gasteiger partial charge in [-0.25, -0.2) is 0 Å². The van der Waals surface area contributed by atoms with Gasteiger partial charge in [0.15, 0.2) is 0 Å². The summed E-state index contributed by atoms with van der Waals surface area (Å²) >= 11 is 1.33. The molecular weight excluding hydrogens is 381 g/mol. The lowest BCUT2D eigenvalue weighted by atomic mass is 10.2. The summed E-state index contributed by atoms with van der Waals surface area (Å²) in [6.07, 6.45) is -4.19. The SMILES string of the molecule is CN(Cc1ccccc1OC(F)(F)F)C(=O)CCCNC(=O)c1cccs1. The molecule has 2 rings (SSSR count). The third kappa shape index (κ3) is 6.93. The van der Waals surface area contributed by atoms with E-state index >= 15 is 0 Å². The van der Waals surface area contributed by atoms with E-state index in [1.165, 1.54) is 41.5 Å². The number of para-hydroxylation sites is 1. The van der Waals surface area contributed by atoms with Gasteiger partial charge in [0, 0.05) is 32.1 Å². The molecule has 0 spiro atoms. The predicted molar refractivity (Wildman–Crippen MR) is 95.5 cm³/mol. The molecule has 0 radical (unpaired) electrons. The van der Waals surface area contributed by atoms with Gasteiger partial charge in [-0.15, -0.1) is 24.5 Å². The van der Waals surface area contributed by atoms with Crippen molar-refractivity contribution in [2.75, 3.05) is 13.6 Å². The van der Waals surface area contributed by atoms with Crippen LogP contribution in [0.3, 0.4) is 0 Å². The second kappa shape index (κ2) is 9.40. The lowest BCUT2D eigenvalue weighted by Crippen LogP contribution is -2.29. The molecule has 27 heavy (non-hydrogen) atoms. The number of hydrogen-bond acceptors (Lipinski definition) is 4. The van der Waals surface area contributed by atoms with Crippen LogP contribution in [0.2, 0.25) is 0 Å². The quantitative estimate of drug-likeness (QED) is 0.686. The fourth-order valence-corrected chi connectivity index (χ4v) is 2.97. The summed E-state index contributed by atoms with van der Waals surface area (Å²) in [7, 11) is 1.51. The van der Waals surface area contributed by atoms with Crippen molar-refractivity contribution in [1.82, 2.24) is 10.2 Å². The van der Waals surface area contributed by atoms with Crippen LogP contribution in [0.25, 0.3) is 0 Å². The number of ether oxygens (including phenoxy) is 1. The zero-order chi connectivity index (χ0) is 19.9. The molecule has 5 nitrogen and oxygen atoms in total. The fraction of sp³-hybridized carbons (Fsp3) is 0.333. The zero-order valence-electron chi connectivity index (χ0n) is 14.6. The van der Waals surface area contributed by atoms with E-state index in [4.69, 9.17) is 0 Å². The highest BCUT2D eigenvalue weighted by molar-refractivity contribution is 7.12. The number of benzene rings is 1. The molecule has 1 heterocycles. The zero-order valence-corrected chi connectivity index (χ0v) is 15.4. The van der Waals surface area contributed by atoms with E-state index in [0.717, 1.165) is 0 Å². The first-order valence-electron chi connectivity index (χ1n) is 8.15. The van der Waals surface area contributed by atoms with Crippen molar-refractivity contribution in [2.24, 2.45) is 0 Å². The van der Waals surface area contributed by atoms with Crippen molar-refractivity contribution < 1.29 is 27.5 Å². The Hall–Kier alpha value is -2.55. The van der Waals surface area contributed by atoms with Crippen LogP contribution < -0.4 is 10.1 Å². The van der Waals surface area contributed by atoms with E-state index in [1.54, 1.807) is 23.6 Å². The number of halogens is 3. The summed E-state index contributed by atoms with van der Waals surface area (Å²) < 4.78 is 41.3. The summed E-state index contributed by atoms with van der Waals surface area (Å²) in [5.74, 6) is -0.751. The van der Waals surface area contributed by atoms with E-state index in [9.17, 15) is 22.8 Å². The lowest BCUT2D eigenvalue weighted by molar-refractivity contribution is -0.275. The molecule has 1 N–H and O–H groups in total. The van der Waals surface area contributed by atoms with Gasteiger partial charge >= 0.3 is 6.36 Å². The largest absolute Gasteiger partial charge is 0.573 e. The summed E-state index contributed by atoms with van der Waals surface area (Å²) in [4.78, 5) is 25.9. The Morgan fingerprint density at radius 3 is 2.59 bits per heavy atom. The number of hydrogen-bond donors (Lipinski definition) is 1. The van der Waals surface area contributed by atoms with E-state index in [-0.39, 0.29) is 36.1 Å². The number of nitrogens with one attached hydrogen (secondary N) is 1. The normalized spacial score (nSPS) is 11.1. The maximum atomic E-state index is 12.5. The van der Waals surface area contributed by atoms with E-state index in [1.807, 2.05) is 0 Å². The molecule has 2 amide bonds. The van der Waals surface area contributed by atoms with Gasteiger partial charge in [0.05, 0.1) is 4.88 Å². The number of carbonyl (C=O) groups is 2. The van der Waals surface area contributed by atoms with Gasteiger partial charge in [0.1, 0.15) is 5.75 Å². The molecule has 0 saturated carbocycles. The van der Waals surface area contributed by atoms with Crippen molar-refractivity contribution in [3.8, 4) is 5.75 Å². The second-order valence-corrected chi connectivity index (χ2v) is 6.69. The van der Waals surface area contributed by atoms with Crippen molar-refractivity contribution in [3.05, 3.63) is 52.2 Å². The van der Waals surface area contributed by atoms with Gasteiger partial charge in [-0.05, 0) is 23.9 Å². The first-order valence-corrected chi connectivity index (χ1v) is 9.03. The summed E-state index contributed by atoms with van der Waals surface area (Å²) in [6, 6.07) is 9.19. The molecule has 0 aliphatic heterocycles. The van der Waals surface area contributed by atoms with Crippen LogP contribution in [0.4, 0.5) is 13.2 Å². The minimum atomic E-state index is -4.79. The van der Waals surface area contributed by atoms with Crippen LogP contribution in [0.15, 0.2) is 41.8 Å². The van der Waals surface area contributed by atoms with Gasteiger partial charge in [0.2, 0.25) is 5.91 Å². The molecule has 2 aromatic rings. The van der Waals surface area contributed by atoms with Crippen LogP contribution in [0.1, 0.15) is 28.1 Å². The first-order chi connectivity index (χ1) is 12.8. The Morgan fingerprint density at radius 2 is 1.93 bits per heavy atom. The Labute approximate surface area is 158 Å². The minimum absolute atomic E-state index is 0.00730. The maximum absolute atomic E-state index is 12.5.